The Labute approximate surface area is 492 Å². The summed E-state index contributed by atoms with van der Waals surface area (Å²) in [6, 6.07) is 0. The largest absolute Gasteiger partial charge is 0.462 e. The first kappa shape index (κ1) is 76.4. The molecule has 0 saturated carbocycles. The molecule has 462 valence electrons. The molecular weight excluding hydrogens is 973 g/mol. The number of unbranched alkanes of at least 4 members (excludes halogenated alkanes) is 46. The monoisotopic (exact) mass is 1110 g/mol. The molecule has 79 heavy (non-hydrogen) atoms. The van der Waals surface area contributed by atoms with E-state index in [1.807, 2.05) is 0 Å². The highest BCUT2D eigenvalue weighted by Crippen LogP contribution is 2.18. The molecule has 6 heteroatoms. The fourth-order valence-corrected chi connectivity index (χ4v) is 10.5. The van der Waals surface area contributed by atoms with Crippen molar-refractivity contribution in [2.45, 2.75) is 386 Å². The minimum atomic E-state index is -0.778. The fraction of sp³-hybridized carbons (Fsp3) is 0.849. The van der Waals surface area contributed by atoms with E-state index in [-0.39, 0.29) is 31.1 Å². The summed E-state index contributed by atoms with van der Waals surface area (Å²) >= 11 is 0. The van der Waals surface area contributed by atoms with Crippen molar-refractivity contribution in [3.63, 3.8) is 0 Å². The minimum absolute atomic E-state index is 0.0748. The smallest absolute Gasteiger partial charge is 0.306 e. The fourth-order valence-electron chi connectivity index (χ4n) is 10.5. The first-order chi connectivity index (χ1) is 39.0. The molecule has 0 rings (SSSR count). The van der Waals surface area contributed by atoms with Crippen LogP contribution in [0.2, 0.25) is 0 Å². The van der Waals surface area contributed by atoms with E-state index in [0.29, 0.717) is 19.3 Å². The molecule has 0 N–H and O–H groups in total. The second kappa shape index (κ2) is 67.9. The van der Waals surface area contributed by atoms with Crippen molar-refractivity contribution in [1.29, 1.82) is 0 Å². The van der Waals surface area contributed by atoms with Crippen molar-refractivity contribution in [3.05, 3.63) is 48.6 Å². The second-order valence-corrected chi connectivity index (χ2v) is 23.8. The topological polar surface area (TPSA) is 78.9 Å². The first-order valence-electron chi connectivity index (χ1n) is 35.1. The predicted octanol–water partition coefficient (Wildman–Crippen LogP) is 24.1. The van der Waals surface area contributed by atoms with Gasteiger partial charge in [-0.25, -0.2) is 0 Å². The molecule has 0 aromatic heterocycles. The molecule has 0 aliphatic rings. The van der Waals surface area contributed by atoms with Gasteiger partial charge in [0.25, 0.3) is 0 Å². The van der Waals surface area contributed by atoms with Gasteiger partial charge in [-0.1, -0.05) is 313 Å². The summed E-state index contributed by atoms with van der Waals surface area (Å²) in [4.78, 5) is 38.2. The number of esters is 3. The highest BCUT2D eigenvalue weighted by molar-refractivity contribution is 5.71. The van der Waals surface area contributed by atoms with E-state index in [0.717, 1.165) is 83.5 Å². The van der Waals surface area contributed by atoms with Crippen LogP contribution in [-0.4, -0.2) is 37.2 Å². The number of hydrogen-bond acceptors (Lipinski definition) is 6. The van der Waals surface area contributed by atoms with E-state index in [2.05, 4.69) is 69.4 Å². The minimum Gasteiger partial charge on any atom is -0.462 e. The lowest BCUT2D eigenvalue weighted by atomic mass is 10.0. The van der Waals surface area contributed by atoms with Crippen LogP contribution in [0.3, 0.4) is 0 Å². The number of hydrogen-bond donors (Lipinski definition) is 0. The summed E-state index contributed by atoms with van der Waals surface area (Å²) in [6.07, 6.45) is 86.0. The van der Waals surface area contributed by atoms with Gasteiger partial charge in [0.2, 0.25) is 0 Å². The van der Waals surface area contributed by atoms with Crippen molar-refractivity contribution in [3.8, 4) is 0 Å². The van der Waals surface area contributed by atoms with Crippen LogP contribution in [0.25, 0.3) is 0 Å². The van der Waals surface area contributed by atoms with E-state index < -0.39 is 6.10 Å². The maximum atomic E-state index is 12.9. The zero-order chi connectivity index (χ0) is 57.1. The van der Waals surface area contributed by atoms with Gasteiger partial charge in [-0.15, -0.1) is 0 Å². The molecular formula is C73H134O6. The predicted molar refractivity (Wildman–Crippen MR) is 344 cm³/mol. The number of ether oxygens (including phenoxy) is 3. The number of rotatable bonds is 65. The van der Waals surface area contributed by atoms with E-state index in [1.54, 1.807) is 0 Å². The quantitative estimate of drug-likeness (QED) is 0.0261. The molecule has 0 spiro atoms. The van der Waals surface area contributed by atoms with Crippen molar-refractivity contribution in [2.75, 3.05) is 13.2 Å². The van der Waals surface area contributed by atoms with Crippen molar-refractivity contribution >= 4 is 17.9 Å². The Morgan fingerprint density at radius 1 is 0.253 bits per heavy atom. The molecule has 0 heterocycles. The van der Waals surface area contributed by atoms with E-state index in [9.17, 15) is 14.4 Å². The first-order valence-corrected chi connectivity index (χ1v) is 35.1. The zero-order valence-electron chi connectivity index (χ0n) is 53.2. The van der Waals surface area contributed by atoms with Gasteiger partial charge in [-0.2, -0.15) is 0 Å². The summed E-state index contributed by atoms with van der Waals surface area (Å²) in [5, 5.41) is 0. The Kier molecular flexibility index (Phi) is 65.6. The van der Waals surface area contributed by atoms with E-state index in [4.69, 9.17) is 14.2 Å². The molecule has 0 aliphatic heterocycles. The standard InChI is InChI=1S/C73H134O6/c1-4-7-10-13-16-19-22-24-26-28-29-30-31-32-33-34-35-36-37-38-39-40-41-42-43-44-45-46-48-49-51-54-57-60-63-66-72(75)78-69-70(68-77-71(74)65-62-59-56-53-21-18-15-12-9-6-3)79-73(76)67-64-61-58-55-52-50-47-27-25-23-20-17-14-11-8-5-2/h12,15,22,24,27-29,47,70H,4-11,13-14,16-21,23,25-26,30-46,48-69H2,1-3H3/b15-12-,24-22-,29-28-,47-27-. The van der Waals surface area contributed by atoms with E-state index >= 15 is 0 Å². The van der Waals surface area contributed by atoms with Crippen molar-refractivity contribution in [1.82, 2.24) is 0 Å². The van der Waals surface area contributed by atoms with E-state index in [1.165, 1.54) is 257 Å². The molecule has 1 unspecified atom stereocenters. The lowest BCUT2D eigenvalue weighted by Crippen LogP contribution is -2.30. The molecule has 0 saturated heterocycles. The Bertz CT molecular complexity index is 1360. The lowest BCUT2D eigenvalue weighted by molar-refractivity contribution is -0.167. The average Bonchev–Trinajstić information content (AvgIpc) is 3.45. The maximum absolute atomic E-state index is 12.9. The molecule has 1 atom stereocenters. The van der Waals surface area contributed by atoms with Gasteiger partial charge in [0, 0.05) is 19.3 Å². The van der Waals surface area contributed by atoms with Crippen LogP contribution in [0, 0.1) is 0 Å². The van der Waals surface area contributed by atoms with Crippen LogP contribution in [0.15, 0.2) is 48.6 Å². The highest BCUT2D eigenvalue weighted by atomic mass is 16.6. The summed E-state index contributed by atoms with van der Waals surface area (Å²) in [7, 11) is 0. The average molecular weight is 1110 g/mol. The number of allylic oxidation sites excluding steroid dienone is 8. The lowest BCUT2D eigenvalue weighted by Gasteiger charge is -2.18. The van der Waals surface area contributed by atoms with Gasteiger partial charge in [0.05, 0.1) is 0 Å². The van der Waals surface area contributed by atoms with Crippen LogP contribution in [0.4, 0.5) is 0 Å². The third kappa shape index (κ3) is 66.1. The van der Waals surface area contributed by atoms with Crippen molar-refractivity contribution in [2.24, 2.45) is 0 Å². The molecule has 6 nitrogen and oxygen atoms in total. The molecule has 0 aromatic carbocycles. The SMILES string of the molecule is CCC/C=C\CCCCCCCC(=O)OCC(COC(=O)CCCCCCCCCCCCCCCCCCCCCCCCC/C=C\C/C=C\CCCCCCC)OC(=O)CCCCCCC/C=C\CCCCCCCCC. The van der Waals surface area contributed by atoms with Gasteiger partial charge in [0.1, 0.15) is 13.2 Å². The molecule has 0 fully saturated rings. The highest BCUT2D eigenvalue weighted by Gasteiger charge is 2.19. The second-order valence-electron chi connectivity index (χ2n) is 23.8. The third-order valence-corrected chi connectivity index (χ3v) is 15.8. The van der Waals surface area contributed by atoms with Crippen LogP contribution < -0.4 is 0 Å². The zero-order valence-corrected chi connectivity index (χ0v) is 53.2. The Balaban J connectivity index is 4.01. The van der Waals surface area contributed by atoms with Crippen LogP contribution >= 0.6 is 0 Å². The Morgan fingerprint density at radius 2 is 0.481 bits per heavy atom. The summed E-state index contributed by atoms with van der Waals surface area (Å²) in [6.45, 7) is 6.60. The summed E-state index contributed by atoms with van der Waals surface area (Å²) < 4.78 is 16.9. The van der Waals surface area contributed by atoms with Crippen LogP contribution in [0.5, 0.6) is 0 Å². The molecule has 0 radical (unpaired) electrons. The van der Waals surface area contributed by atoms with Gasteiger partial charge in [0.15, 0.2) is 6.10 Å². The summed E-state index contributed by atoms with van der Waals surface area (Å²) in [5.74, 6) is -0.874. The summed E-state index contributed by atoms with van der Waals surface area (Å²) in [5.41, 5.74) is 0. The Morgan fingerprint density at radius 3 is 0.759 bits per heavy atom. The number of carbonyl (C=O) groups excluding carboxylic acids is 3. The Hall–Kier alpha value is -2.63. The van der Waals surface area contributed by atoms with Crippen LogP contribution in [0.1, 0.15) is 380 Å². The molecule has 0 bridgehead atoms. The molecule has 0 aromatic rings. The van der Waals surface area contributed by atoms with Gasteiger partial charge >= 0.3 is 17.9 Å². The van der Waals surface area contributed by atoms with Gasteiger partial charge < -0.3 is 14.2 Å². The maximum Gasteiger partial charge on any atom is 0.306 e. The van der Waals surface area contributed by atoms with Crippen molar-refractivity contribution < 1.29 is 28.6 Å². The van der Waals surface area contributed by atoms with Crippen LogP contribution in [-0.2, 0) is 28.6 Å². The van der Waals surface area contributed by atoms with Gasteiger partial charge in [-0.3, -0.25) is 14.4 Å². The normalized spacial score (nSPS) is 12.3. The third-order valence-electron chi connectivity index (χ3n) is 15.8. The molecule has 0 amide bonds. The van der Waals surface area contributed by atoms with Gasteiger partial charge in [-0.05, 0) is 96.3 Å². The number of carbonyl (C=O) groups is 3. The molecule has 0 aliphatic carbocycles.